The second-order valence-corrected chi connectivity index (χ2v) is 5.21. The first-order valence-electron chi connectivity index (χ1n) is 5.60. The largest absolute Gasteiger partial charge is 0.492 e. The van der Waals surface area contributed by atoms with Gasteiger partial charge in [0.2, 0.25) is 6.08 Å². The van der Waals surface area contributed by atoms with Crippen LogP contribution in [0.25, 0.3) is 0 Å². The smallest absolute Gasteiger partial charge is 0.235 e. The highest BCUT2D eigenvalue weighted by atomic mass is 79.9. The van der Waals surface area contributed by atoms with Gasteiger partial charge >= 0.3 is 0 Å². The zero-order valence-electron chi connectivity index (χ0n) is 10.5. The van der Waals surface area contributed by atoms with Crippen molar-refractivity contribution in [1.82, 2.24) is 0 Å². The number of isocyanates is 1. The molecular weight excluding hydrogens is 298 g/mol. The van der Waals surface area contributed by atoms with Gasteiger partial charge in [0, 0.05) is 5.56 Å². The van der Waals surface area contributed by atoms with E-state index in [1.807, 2.05) is 13.0 Å². The number of benzene rings is 1. The second kappa shape index (κ2) is 4.75. The van der Waals surface area contributed by atoms with E-state index in [0.29, 0.717) is 11.5 Å². The fourth-order valence-corrected chi connectivity index (χ4v) is 3.00. The Bertz CT molecular complexity index is 532. The van der Waals surface area contributed by atoms with Crippen molar-refractivity contribution in [2.75, 3.05) is 14.2 Å². The summed E-state index contributed by atoms with van der Waals surface area (Å²) in [6.45, 7) is 1.97. The fraction of sp³-hybridized carbons (Fsp3) is 0.462. The van der Waals surface area contributed by atoms with Gasteiger partial charge in [-0.3, -0.25) is 0 Å². The molecule has 96 valence electrons. The van der Waals surface area contributed by atoms with Crippen LogP contribution in [0, 0.1) is 6.92 Å². The molecule has 0 heterocycles. The van der Waals surface area contributed by atoms with Crippen molar-refractivity contribution in [2.24, 2.45) is 4.99 Å². The van der Waals surface area contributed by atoms with E-state index in [4.69, 9.17) is 9.47 Å². The van der Waals surface area contributed by atoms with Crippen LogP contribution in [0.5, 0.6) is 11.5 Å². The lowest BCUT2D eigenvalue weighted by molar-refractivity contribution is 0.346. The van der Waals surface area contributed by atoms with E-state index in [1.165, 1.54) is 0 Å². The Balaban J connectivity index is 2.70. The third-order valence-electron chi connectivity index (χ3n) is 3.24. The number of aryl methyl sites for hydroxylation is 1. The quantitative estimate of drug-likeness (QED) is 0.634. The monoisotopic (exact) mass is 311 g/mol. The Morgan fingerprint density at radius 1 is 1.33 bits per heavy atom. The van der Waals surface area contributed by atoms with E-state index in [-0.39, 0.29) is 0 Å². The van der Waals surface area contributed by atoms with Crippen molar-refractivity contribution >= 4 is 22.0 Å². The highest BCUT2D eigenvalue weighted by molar-refractivity contribution is 9.10. The molecule has 5 heteroatoms. The molecule has 1 aliphatic rings. The van der Waals surface area contributed by atoms with Crippen LogP contribution < -0.4 is 9.47 Å². The molecule has 1 saturated carbocycles. The SMILES string of the molecule is COc1c(Br)cc(C)c(C2(N=C=O)CC2)c1OC. The summed E-state index contributed by atoms with van der Waals surface area (Å²) in [6.07, 6.45) is 3.34. The minimum Gasteiger partial charge on any atom is -0.492 e. The highest BCUT2D eigenvalue weighted by Gasteiger charge is 2.48. The summed E-state index contributed by atoms with van der Waals surface area (Å²) in [4.78, 5) is 14.5. The first kappa shape index (κ1) is 13.1. The van der Waals surface area contributed by atoms with Crippen LogP contribution in [-0.2, 0) is 10.3 Å². The number of halogens is 1. The van der Waals surface area contributed by atoms with E-state index < -0.39 is 5.54 Å². The number of nitrogens with zero attached hydrogens (tertiary/aromatic N) is 1. The Hall–Kier alpha value is -1.32. The molecule has 0 saturated heterocycles. The number of hydrogen-bond acceptors (Lipinski definition) is 4. The normalized spacial score (nSPS) is 15.8. The summed E-state index contributed by atoms with van der Waals surface area (Å²) in [5.41, 5.74) is 1.48. The average Bonchev–Trinajstić information content (AvgIpc) is 3.09. The number of carbonyl (C=O) groups excluding carboxylic acids is 1. The van der Waals surface area contributed by atoms with Crippen LogP contribution in [0.4, 0.5) is 0 Å². The molecule has 2 rings (SSSR count). The standard InChI is InChI=1S/C13H14BrNO3/c1-8-6-9(14)11(17-2)12(18-3)10(8)13(4-5-13)15-7-16/h6H,4-5H2,1-3H3. The van der Waals surface area contributed by atoms with E-state index in [9.17, 15) is 4.79 Å². The summed E-state index contributed by atoms with van der Waals surface area (Å²) in [5.74, 6) is 1.27. The molecule has 1 aromatic rings. The first-order chi connectivity index (χ1) is 8.59. The number of aliphatic imine (C=N–C) groups is 1. The molecular formula is C13H14BrNO3. The predicted molar refractivity (Wildman–Crippen MR) is 71.0 cm³/mol. The van der Waals surface area contributed by atoms with Crippen LogP contribution in [0.3, 0.4) is 0 Å². The van der Waals surface area contributed by atoms with Crippen LogP contribution in [-0.4, -0.2) is 20.3 Å². The molecule has 0 aromatic heterocycles. The molecule has 0 N–H and O–H groups in total. The molecule has 0 bridgehead atoms. The van der Waals surface area contributed by atoms with Crippen LogP contribution in [0.2, 0.25) is 0 Å². The molecule has 0 atom stereocenters. The van der Waals surface area contributed by atoms with Gasteiger partial charge in [-0.1, -0.05) is 0 Å². The molecule has 4 nitrogen and oxygen atoms in total. The van der Waals surface area contributed by atoms with Crippen molar-refractivity contribution in [3.8, 4) is 11.5 Å². The van der Waals surface area contributed by atoms with Gasteiger partial charge in [-0.2, -0.15) is 4.99 Å². The van der Waals surface area contributed by atoms with Gasteiger partial charge in [0.15, 0.2) is 11.5 Å². The molecule has 0 radical (unpaired) electrons. The molecule has 0 aliphatic heterocycles. The number of methoxy groups -OCH3 is 2. The summed E-state index contributed by atoms with van der Waals surface area (Å²) in [7, 11) is 3.18. The maximum absolute atomic E-state index is 10.6. The second-order valence-electron chi connectivity index (χ2n) is 4.35. The molecule has 0 spiro atoms. The number of hydrogen-bond donors (Lipinski definition) is 0. The van der Waals surface area contributed by atoms with Crippen LogP contribution >= 0.6 is 15.9 Å². The lowest BCUT2D eigenvalue weighted by Gasteiger charge is -2.20. The van der Waals surface area contributed by atoms with Gasteiger partial charge in [0.05, 0.1) is 18.7 Å². The topological polar surface area (TPSA) is 47.9 Å². The predicted octanol–water partition coefficient (Wildman–Crippen LogP) is 3.10. The molecule has 1 aromatic carbocycles. The van der Waals surface area contributed by atoms with Gasteiger partial charge < -0.3 is 9.47 Å². The Kier molecular flexibility index (Phi) is 3.46. The summed E-state index contributed by atoms with van der Waals surface area (Å²) >= 11 is 3.45. The maximum Gasteiger partial charge on any atom is 0.235 e. The average molecular weight is 312 g/mol. The lowest BCUT2D eigenvalue weighted by Crippen LogP contribution is -2.09. The summed E-state index contributed by atoms with van der Waals surface area (Å²) in [5, 5.41) is 0. The Labute approximate surface area is 114 Å². The van der Waals surface area contributed by atoms with Crippen LogP contribution in [0.1, 0.15) is 24.0 Å². The summed E-state index contributed by atoms with van der Waals surface area (Å²) in [6, 6.07) is 1.96. The van der Waals surface area contributed by atoms with Crippen molar-refractivity contribution < 1.29 is 14.3 Å². The first-order valence-corrected chi connectivity index (χ1v) is 6.39. The van der Waals surface area contributed by atoms with Crippen molar-refractivity contribution in [2.45, 2.75) is 25.3 Å². The lowest BCUT2D eigenvalue weighted by atomic mass is 9.97. The van der Waals surface area contributed by atoms with E-state index in [1.54, 1.807) is 20.3 Å². The molecule has 0 unspecified atom stereocenters. The Morgan fingerprint density at radius 2 is 1.94 bits per heavy atom. The van der Waals surface area contributed by atoms with Gasteiger partial charge in [0.1, 0.15) is 5.54 Å². The molecule has 1 aliphatic carbocycles. The van der Waals surface area contributed by atoms with E-state index >= 15 is 0 Å². The van der Waals surface area contributed by atoms with Gasteiger partial charge in [-0.15, -0.1) is 0 Å². The minimum atomic E-state index is -0.467. The van der Waals surface area contributed by atoms with Crippen molar-refractivity contribution in [3.63, 3.8) is 0 Å². The van der Waals surface area contributed by atoms with E-state index in [0.717, 1.165) is 28.4 Å². The van der Waals surface area contributed by atoms with E-state index in [2.05, 4.69) is 20.9 Å². The minimum absolute atomic E-state index is 0.467. The van der Waals surface area contributed by atoms with Gasteiger partial charge in [0.25, 0.3) is 0 Å². The zero-order valence-corrected chi connectivity index (χ0v) is 12.1. The fourth-order valence-electron chi connectivity index (χ4n) is 2.32. The maximum atomic E-state index is 10.6. The third kappa shape index (κ3) is 1.93. The van der Waals surface area contributed by atoms with Crippen molar-refractivity contribution in [1.29, 1.82) is 0 Å². The molecule has 1 fully saturated rings. The highest BCUT2D eigenvalue weighted by Crippen LogP contribution is 2.56. The molecule has 18 heavy (non-hydrogen) atoms. The number of rotatable bonds is 4. The Morgan fingerprint density at radius 3 is 2.39 bits per heavy atom. The van der Waals surface area contributed by atoms with Crippen molar-refractivity contribution in [3.05, 3.63) is 21.7 Å². The zero-order chi connectivity index (χ0) is 13.3. The van der Waals surface area contributed by atoms with Gasteiger partial charge in [-0.25, -0.2) is 4.79 Å². The third-order valence-corrected chi connectivity index (χ3v) is 3.83. The van der Waals surface area contributed by atoms with Gasteiger partial charge in [-0.05, 0) is 47.3 Å². The summed E-state index contributed by atoms with van der Waals surface area (Å²) < 4.78 is 11.6. The number of ether oxygens (including phenoxy) is 2. The molecule has 0 amide bonds. The van der Waals surface area contributed by atoms with Crippen LogP contribution in [0.15, 0.2) is 15.5 Å².